The van der Waals surface area contributed by atoms with Gasteiger partial charge in [0.2, 0.25) is 0 Å². The van der Waals surface area contributed by atoms with Gasteiger partial charge in [-0.05, 0) is 107 Å². The van der Waals surface area contributed by atoms with Crippen LogP contribution < -0.4 is 0 Å². The average molecular weight is 827 g/mol. The van der Waals surface area contributed by atoms with Crippen LogP contribution in [0.1, 0.15) is 83.7 Å². The molecule has 0 bridgehead atoms. The van der Waals surface area contributed by atoms with E-state index < -0.39 is 10.8 Å². The molecule has 0 saturated carbocycles. The highest BCUT2D eigenvalue weighted by Crippen LogP contribution is 2.51. The van der Waals surface area contributed by atoms with Crippen LogP contribution in [0, 0.1) is 12.8 Å². The van der Waals surface area contributed by atoms with Crippen LogP contribution in [0.4, 0.5) is 0 Å². The second kappa shape index (κ2) is 17.9. The van der Waals surface area contributed by atoms with Gasteiger partial charge < -0.3 is 0 Å². The Bertz CT molecular complexity index is 2830. The normalized spacial score (nSPS) is 15.5. The van der Waals surface area contributed by atoms with Gasteiger partial charge in [0.1, 0.15) is 0 Å². The maximum Gasteiger partial charge on any atom is 0.160 e. The van der Waals surface area contributed by atoms with E-state index in [-0.39, 0.29) is 0 Å². The summed E-state index contributed by atoms with van der Waals surface area (Å²) in [5.74, 6) is 1.24. The predicted octanol–water partition coefficient (Wildman–Crippen LogP) is 15.3. The van der Waals surface area contributed by atoms with E-state index >= 15 is 0 Å². The summed E-state index contributed by atoms with van der Waals surface area (Å²) in [5.41, 5.74) is 15.6. The molecule has 1 unspecified atom stereocenters. The van der Waals surface area contributed by atoms with E-state index in [9.17, 15) is 0 Å². The zero-order chi connectivity index (χ0) is 43.4. The highest BCUT2D eigenvalue weighted by molar-refractivity contribution is 5.80. The summed E-state index contributed by atoms with van der Waals surface area (Å²) >= 11 is 0. The van der Waals surface area contributed by atoms with E-state index in [0.717, 1.165) is 58.7 Å². The second-order valence-corrected chi connectivity index (χ2v) is 17.6. The van der Waals surface area contributed by atoms with Gasteiger partial charge in [-0.15, -0.1) is 0 Å². The van der Waals surface area contributed by atoms with Crippen LogP contribution in [-0.4, -0.2) is 9.97 Å². The molecule has 0 amide bonds. The standard InChI is InChI=1S/C62H54N2/c1-45-23-20-37-54(41-45)62(52-33-14-6-15-34-52,53-35-16-7-17-36-53)56-39-22-26-48(43-56)59-44-58(63-60(64-59)57-40-19-18-24-46(57)2)47-25-21-38-55(42-47)61(49-27-8-3-9-28-49,50-29-10-4-11-30-50)51-31-12-5-13-32-51/h3-19,22,24-36,39-45H,20-21,23,37-38H2,1-2H3. The number of nitrogens with zero attached hydrogens (tertiary/aromatic N) is 2. The first-order chi connectivity index (χ1) is 31.5. The van der Waals surface area contributed by atoms with Crippen molar-refractivity contribution in [1.82, 2.24) is 9.97 Å². The Morgan fingerprint density at radius 2 is 0.953 bits per heavy atom. The molecular formula is C62H54N2. The molecule has 64 heavy (non-hydrogen) atoms. The van der Waals surface area contributed by atoms with Crippen molar-refractivity contribution in [2.45, 2.75) is 56.8 Å². The van der Waals surface area contributed by atoms with Crippen molar-refractivity contribution in [2.24, 2.45) is 5.92 Å². The summed E-state index contributed by atoms with van der Waals surface area (Å²) in [4.78, 5) is 10.9. The molecule has 10 rings (SSSR count). The lowest BCUT2D eigenvalue weighted by molar-refractivity contribution is 0.527. The SMILES string of the molecule is Cc1ccccc1-c1nc(C2=CCCC(C(c3ccccc3)(c3ccccc3)c3ccccc3)=C2)cc(-c2cccc(C(C3=CC(C)CCC3)(c3ccccc3)c3ccccc3)c2)n1. The van der Waals surface area contributed by atoms with Gasteiger partial charge in [-0.2, -0.15) is 0 Å². The van der Waals surface area contributed by atoms with Crippen molar-refractivity contribution < 1.29 is 0 Å². The summed E-state index contributed by atoms with van der Waals surface area (Å²) in [6.45, 7) is 4.53. The second-order valence-electron chi connectivity index (χ2n) is 17.6. The number of allylic oxidation sites excluding steroid dienone is 6. The van der Waals surface area contributed by atoms with Crippen molar-refractivity contribution in [3.63, 3.8) is 0 Å². The smallest absolute Gasteiger partial charge is 0.160 e. The minimum atomic E-state index is -0.504. The fraction of sp³-hybridized carbons (Fsp3) is 0.161. The molecule has 0 saturated heterocycles. The van der Waals surface area contributed by atoms with Crippen LogP contribution in [0.2, 0.25) is 0 Å². The van der Waals surface area contributed by atoms with Crippen molar-refractivity contribution in [3.05, 3.63) is 280 Å². The van der Waals surface area contributed by atoms with Gasteiger partial charge in [0.25, 0.3) is 0 Å². The van der Waals surface area contributed by atoms with Crippen LogP contribution in [0.5, 0.6) is 0 Å². The van der Waals surface area contributed by atoms with Gasteiger partial charge in [-0.3, -0.25) is 0 Å². The molecule has 0 radical (unpaired) electrons. The maximum absolute atomic E-state index is 5.46. The summed E-state index contributed by atoms with van der Waals surface area (Å²) in [7, 11) is 0. The molecule has 1 atom stereocenters. The van der Waals surface area contributed by atoms with Gasteiger partial charge in [-0.1, -0.05) is 225 Å². The Hall–Kier alpha value is -7.16. The lowest BCUT2D eigenvalue weighted by Crippen LogP contribution is -2.33. The third-order valence-corrected chi connectivity index (χ3v) is 13.7. The zero-order valence-corrected chi connectivity index (χ0v) is 36.9. The lowest BCUT2D eigenvalue weighted by Gasteiger charge is -2.41. The van der Waals surface area contributed by atoms with Crippen LogP contribution in [0.3, 0.4) is 0 Å². The van der Waals surface area contributed by atoms with E-state index in [1.165, 1.54) is 57.4 Å². The highest BCUT2D eigenvalue weighted by Gasteiger charge is 2.42. The minimum absolute atomic E-state index is 0.471. The molecule has 0 aliphatic heterocycles. The van der Waals surface area contributed by atoms with Gasteiger partial charge in [0, 0.05) is 11.1 Å². The lowest BCUT2D eigenvalue weighted by atomic mass is 9.62. The van der Waals surface area contributed by atoms with Crippen molar-refractivity contribution in [1.29, 1.82) is 0 Å². The number of benzene rings is 7. The fourth-order valence-electron chi connectivity index (χ4n) is 10.8. The quantitative estimate of drug-likeness (QED) is 0.0959. The molecule has 0 N–H and O–H groups in total. The van der Waals surface area contributed by atoms with Gasteiger partial charge in [0.15, 0.2) is 5.82 Å². The van der Waals surface area contributed by atoms with E-state index in [1.807, 2.05) is 0 Å². The van der Waals surface area contributed by atoms with Crippen molar-refractivity contribution in [2.75, 3.05) is 0 Å². The minimum Gasteiger partial charge on any atom is -0.228 e. The molecule has 2 aliphatic rings. The molecule has 2 nitrogen and oxygen atoms in total. The maximum atomic E-state index is 5.46. The number of hydrogen-bond donors (Lipinski definition) is 0. The Morgan fingerprint density at radius 3 is 1.48 bits per heavy atom. The third kappa shape index (κ3) is 7.47. The van der Waals surface area contributed by atoms with Crippen molar-refractivity contribution >= 4 is 5.57 Å². The van der Waals surface area contributed by atoms with Gasteiger partial charge in [0.05, 0.1) is 22.2 Å². The summed E-state index contributed by atoms with van der Waals surface area (Å²) in [6.07, 6.45) is 12.6. The van der Waals surface area contributed by atoms with E-state index in [1.54, 1.807) is 0 Å². The van der Waals surface area contributed by atoms with Crippen LogP contribution >= 0.6 is 0 Å². The average Bonchev–Trinajstić information content (AvgIpc) is 3.36. The Balaban J connectivity index is 1.19. The summed E-state index contributed by atoms with van der Waals surface area (Å²) in [5, 5.41) is 0. The monoisotopic (exact) mass is 826 g/mol. The molecule has 8 aromatic rings. The predicted molar refractivity (Wildman–Crippen MR) is 266 cm³/mol. The molecule has 1 heterocycles. The molecule has 7 aromatic carbocycles. The number of aromatic nitrogens is 2. The van der Waals surface area contributed by atoms with Gasteiger partial charge in [-0.25, -0.2) is 9.97 Å². The Labute approximate surface area is 379 Å². The zero-order valence-electron chi connectivity index (χ0n) is 36.9. The first-order valence-electron chi connectivity index (χ1n) is 23.0. The number of rotatable bonds is 11. The third-order valence-electron chi connectivity index (χ3n) is 13.7. The summed E-state index contributed by atoms with van der Waals surface area (Å²) < 4.78 is 0. The topological polar surface area (TPSA) is 25.8 Å². The van der Waals surface area contributed by atoms with E-state index in [2.05, 4.69) is 238 Å². The summed E-state index contributed by atoms with van der Waals surface area (Å²) in [6, 6.07) is 75.4. The molecule has 312 valence electrons. The number of aryl methyl sites for hydroxylation is 1. The fourth-order valence-corrected chi connectivity index (χ4v) is 10.8. The molecule has 1 aromatic heterocycles. The van der Waals surface area contributed by atoms with Gasteiger partial charge >= 0.3 is 0 Å². The molecular weight excluding hydrogens is 773 g/mol. The van der Waals surface area contributed by atoms with Crippen LogP contribution in [0.25, 0.3) is 28.2 Å². The first kappa shape index (κ1) is 40.9. The molecule has 0 spiro atoms. The largest absolute Gasteiger partial charge is 0.228 e. The first-order valence-corrected chi connectivity index (χ1v) is 23.0. The molecule has 0 fully saturated rings. The molecule has 2 heteroatoms. The number of hydrogen-bond acceptors (Lipinski definition) is 2. The van der Waals surface area contributed by atoms with E-state index in [4.69, 9.17) is 9.97 Å². The Kier molecular flexibility index (Phi) is 11.4. The molecule has 2 aliphatic carbocycles. The van der Waals surface area contributed by atoms with Crippen LogP contribution in [-0.2, 0) is 10.8 Å². The Morgan fingerprint density at radius 1 is 0.469 bits per heavy atom. The van der Waals surface area contributed by atoms with E-state index in [0.29, 0.717) is 5.92 Å². The highest BCUT2D eigenvalue weighted by atomic mass is 14.9. The van der Waals surface area contributed by atoms with Crippen molar-refractivity contribution in [3.8, 4) is 22.6 Å². The van der Waals surface area contributed by atoms with Crippen LogP contribution in [0.15, 0.2) is 236 Å².